The van der Waals surface area contributed by atoms with Crippen molar-refractivity contribution in [2.45, 2.75) is 12.5 Å². The number of rotatable bonds is 4. The summed E-state index contributed by atoms with van der Waals surface area (Å²) >= 11 is 3.37. The first-order chi connectivity index (χ1) is 8.66. The summed E-state index contributed by atoms with van der Waals surface area (Å²) < 4.78 is 20.0. The van der Waals surface area contributed by atoms with Gasteiger partial charge < -0.3 is 15.0 Å². The Labute approximate surface area is 115 Å². The molecule has 2 rings (SSSR count). The van der Waals surface area contributed by atoms with Gasteiger partial charge in [-0.3, -0.25) is 0 Å². The lowest BCUT2D eigenvalue weighted by Crippen LogP contribution is -2.43. The predicted octanol–water partition coefficient (Wildman–Crippen LogP) is 2.40. The standard InChI is InChI=1S/C13H18BrFN2O/c1-17(6-4-11-9-18-7-5-16-11)13-8-10(14)2-3-12(13)15/h2-3,8,11,16H,4-7,9H2,1H3. The number of morpholine rings is 1. The van der Waals surface area contributed by atoms with Gasteiger partial charge >= 0.3 is 0 Å². The molecule has 0 aliphatic carbocycles. The fraction of sp³-hybridized carbons (Fsp3) is 0.538. The average Bonchev–Trinajstić information content (AvgIpc) is 2.40. The third-order valence-electron chi connectivity index (χ3n) is 3.13. The maximum Gasteiger partial charge on any atom is 0.146 e. The molecule has 100 valence electrons. The molecule has 5 heteroatoms. The fourth-order valence-corrected chi connectivity index (χ4v) is 2.40. The number of nitrogens with zero attached hydrogens (tertiary/aromatic N) is 1. The third kappa shape index (κ3) is 3.67. The smallest absolute Gasteiger partial charge is 0.146 e. The number of ether oxygens (including phenoxy) is 1. The molecule has 1 fully saturated rings. The quantitative estimate of drug-likeness (QED) is 0.923. The van der Waals surface area contributed by atoms with Gasteiger partial charge in [0.05, 0.1) is 18.9 Å². The number of halogens is 2. The van der Waals surface area contributed by atoms with Gasteiger partial charge in [0.15, 0.2) is 0 Å². The van der Waals surface area contributed by atoms with Crippen LogP contribution in [0.4, 0.5) is 10.1 Å². The van der Waals surface area contributed by atoms with Crippen LogP contribution in [-0.2, 0) is 4.74 Å². The Hall–Kier alpha value is -0.650. The second-order valence-corrected chi connectivity index (χ2v) is 5.45. The van der Waals surface area contributed by atoms with E-state index in [9.17, 15) is 4.39 Å². The molecule has 1 saturated heterocycles. The zero-order chi connectivity index (χ0) is 13.0. The van der Waals surface area contributed by atoms with Crippen molar-refractivity contribution in [3.05, 3.63) is 28.5 Å². The highest BCUT2D eigenvalue weighted by Gasteiger charge is 2.15. The zero-order valence-corrected chi connectivity index (χ0v) is 12.0. The topological polar surface area (TPSA) is 24.5 Å². The van der Waals surface area contributed by atoms with Crippen molar-refractivity contribution < 1.29 is 9.13 Å². The molecule has 1 unspecified atom stereocenters. The molecular formula is C13H18BrFN2O. The van der Waals surface area contributed by atoms with E-state index in [-0.39, 0.29) is 5.82 Å². The van der Waals surface area contributed by atoms with Crippen LogP contribution in [0.15, 0.2) is 22.7 Å². The van der Waals surface area contributed by atoms with Crippen LogP contribution in [0.25, 0.3) is 0 Å². The van der Waals surface area contributed by atoms with Crippen molar-refractivity contribution in [2.75, 3.05) is 38.3 Å². The average molecular weight is 317 g/mol. The molecule has 1 heterocycles. The maximum absolute atomic E-state index is 13.7. The lowest BCUT2D eigenvalue weighted by Gasteiger charge is -2.27. The van der Waals surface area contributed by atoms with Crippen LogP contribution in [0.3, 0.4) is 0 Å². The summed E-state index contributed by atoms with van der Waals surface area (Å²) in [4.78, 5) is 1.94. The molecule has 1 aromatic carbocycles. The number of benzene rings is 1. The summed E-state index contributed by atoms with van der Waals surface area (Å²) in [5.74, 6) is -0.187. The Kier molecular flexibility index (Phi) is 4.97. The Bertz CT molecular complexity index is 397. The Morgan fingerprint density at radius 1 is 1.56 bits per heavy atom. The van der Waals surface area contributed by atoms with E-state index in [1.165, 1.54) is 6.07 Å². The molecule has 1 atom stereocenters. The van der Waals surface area contributed by atoms with E-state index in [0.29, 0.717) is 11.7 Å². The first-order valence-electron chi connectivity index (χ1n) is 6.14. The number of anilines is 1. The fourth-order valence-electron chi connectivity index (χ4n) is 2.05. The van der Waals surface area contributed by atoms with Crippen LogP contribution in [0.1, 0.15) is 6.42 Å². The van der Waals surface area contributed by atoms with E-state index < -0.39 is 0 Å². The summed E-state index contributed by atoms with van der Waals surface area (Å²) in [6.45, 7) is 3.23. The predicted molar refractivity (Wildman–Crippen MR) is 74.6 cm³/mol. The first-order valence-corrected chi connectivity index (χ1v) is 6.93. The van der Waals surface area contributed by atoms with E-state index in [4.69, 9.17) is 4.74 Å². The molecule has 0 radical (unpaired) electrons. The highest BCUT2D eigenvalue weighted by Crippen LogP contribution is 2.23. The third-order valence-corrected chi connectivity index (χ3v) is 3.62. The molecule has 0 spiro atoms. The number of hydrogen-bond donors (Lipinski definition) is 1. The molecule has 1 aliphatic rings. The second kappa shape index (κ2) is 6.50. The van der Waals surface area contributed by atoms with E-state index in [1.807, 2.05) is 11.9 Å². The van der Waals surface area contributed by atoms with Gasteiger partial charge in [0, 0.05) is 30.7 Å². The Morgan fingerprint density at radius 2 is 2.39 bits per heavy atom. The van der Waals surface area contributed by atoms with Crippen LogP contribution in [0.2, 0.25) is 0 Å². The van der Waals surface area contributed by atoms with Crippen LogP contribution in [0.5, 0.6) is 0 Å². The SMILES string of the molecule is CN(CCC1COCCN1)c1cc(Br)ccc1F. The minimum absolute atomic E-state index is 0.187. The summed E-state index contributed by atoms with van der Waals surface area (Å²) in [6.07, 6.45) is 0.947. The molecule has 0 bridgehead atoms. The van der Waals surface area contributed by atoms with E-state index in [0.717, 1.165) is 37.2 Å². The highest BCUT2D eigenvalue weighted by molar-refractivity contribution is 9.10. The van der Waals surface area contributed by atoms with Gasteiger partial charge in [-0.05, 0) is 24.6 Å². The summed E-state index contributed by atoms with van der Waals surface area (Å²) in [5.41, 5.74) is 0.626. The second-order valence-electron chi connectivity index (χ2n) is 4.53. The van der Waals surface area contributed by atoms with Gasteiger partial charge in [-0.2, -0.15) is 0 Å². The minimum Gasteiger partial charge on any atom is -0.379 e. The van der Waals surface area contributed by atoms with Crippen LogP contribution in [-0.4, -0.2) is 39.4 Å². The van der Waals surface area contributed by atoms with Crippen molar-refractivity contribution in [2.24, 2.45) is 0 Å². The molecule has 1 aromatic rings. The molecule has 1 N–H and O–H groups in total. The van der Waals surface area contributed by atoms with Gasteiger partial charge in [0.25, 0.3) is 0 Å². The van der Waals surface area contributed by atoms with Crippen LogP contribution in [0, 0.1) is 5.82 Å². The van der Waals surface area contributed by atoms with Crippen molar-refractivity contribution in [1.29, 1.82) is 0 Å². The Balaban J connectivity index is 1.90. The molecule has 1 aliphatic heterocycles. The Morgan fingerprint density at radius 3 is 3.11 bits per heavy atom. The molecule has 3 nitrogen and oxygen atoms in total. The van der Waals surface area contributed by atoms with Gasteiger partial charge in [-0.1, -0.05) is 15.9 Å². The molecule has 0 saturated carbocycles. The molecular weight excluding hydrogens is 299 g/mol. The van der Waals surface area contributed by atoms with Gasteiger partial charge in [0.2, 0.25) is 0 Å². The number of hydrogen-bond acceptors (Lipinski definition) is 3. The largest absolute Gasteiger partial charge is 0.379 e. The number of nitrogens with one attached hydrogen (secondary N) is 1. The summed E-state index contributed by atoms with van der Waals surface area (Å²) in [5, 5.41) is 3.40. The van der Waals surface area contributed by atoms with Crippen LogP contribution < -0.4 is 10.2 Å². The first kappa shape index (κ1) is 13.8. The van der Waals surface area contributed by atoms with Crippen molar-refractivity contribution in [3.63, 3.8) is 0 Å². The zero-order valence-electron chi connectivity index (χ0n) is 10.5. The molecule has 0 amide bonds. The summed E-state index contributed by atoms with van der Waals surface area (Å²) in [7, 11) is 1.91. The summed E-state index contributed by atoms with van der Waals surface area (Å²) in [6, 6.07) is 5.37. The van der Waals surface area contributed by atoms with Gasteiger partial charge in [-0.15, -0.1) is 0 Å². The van der Waals surface area contributed by atoms with Crippen molar-refractivity contribution in [3.8, 4) is 0 Å². The van der Waals surface area contributed by atoms with Crippen molar-refractivity contribution in [1.82, 2.24) is 5.32 Å². The lowest BCUT2D eigenvalue weighted by molar-refractivity contribution is 0.0749. The lowest BCUT2D eigenvalue weighted by atomic mass is 10.2. The minimum atomic E-state index is -0.187. The van der Waals surface area contributed by atoms with Crippen molar-refractivity contribution >= 4 is 21.6 Å². The van der Waals surface area contributed by atoms with Crippen LogP contribution >= 0.6 is 15.9 Å². The van der Waals surface area contributed by atoms with E-state index in [1.54, 1.807) is 12.1 Å². The van der Waals surface area contributed by atoms with Gasteiger partial charge in [-0.25, -0.2) is 4.39 Å². The molecule has 18 heavy (non-hydrogen) atoms. The highest BCUT2D eigenvalue weighted by atomic mass is 79.9. The maximum atomic E-state index is 13.7. The monoisotopic (exact) mass is 316 g/mol. The molecule has 0 aromatic heterocycles. The van der Waals surface area contributed by atoms with E-state index in [2.05, 4.69) is 21.2 Å². The normalized spacial score (nSPS) is 19.8. The van der Waals surface area contributed by atoms with Gasteiger partial charge in [0.1, 0.15) is 5.82 Å². The van der Waals surface area contributed by atoms with E-state index >= 15 is 0 Å².